The van der Waals surface area contributed by atoms with Gasteiger partial charge in [0.05, 0.1) is 6.04 Å². The van der Waals surface area contributed by atoms with Crippen LogP contribution in [0.1, 0.15) is 46.0 Å². The molecule has 1 aliphatic heterocycles. The van der Waals surface area contributed by atoms with Crippen molar-refractivity contribution in [1.82, 2.24) is 15.5 Å². The number of likely N-dealkylation sites (tertiary alicyclic amines) is 1. The fourth-order valence-electron chi connectivity index (χ4n) is 2.80. The maximum atomic E-state index is 12.1. The van der Waals surface area contributed by atoms with Crippen molar-refractivity contribution in [3.63, 3.8) is 0 Å². The van der Waals surface area contributed by atoms with E-state index in [-0.39, 0.29) is 11.9 Å². The average molecular weight is 269 g/mol. The van der Waals surface area contributed by atoms with E-state index in [9.17, 15) is 4.79 Å². The number of carbonyl (C=O) groups excluding carboxylic acids is 1. The molecule has 112 valence electrons. The Labute approximate surface area is 118 Å². The molecule has 2 unspecified atom stereocenters. The Morgan fingerprint density at radius 2 is 2.21 bits per heavy atom. The van der Waals surface area contributed by atoms with Gasteiger partial charge in [-0.3, -0.25) is 9.69 Å². The third-order valence-electron chi connectivity index (χ3n) is 4.05. The van der Waals surface area contributed by atoms with Crippen LogP contribution in [-0.2, 0) is 4.79 Å². The lowest BCUT2D eigenvalue weighted by Crippen LogP contribution is -2.50. The zero-order valence-corrected chi connectivity index (χ0v) is 12.9. The first-order valence-electron chi connectivity index (χ1n) is 7.85. The number of nitrogens with one attached hydrogen (secondary N) is 2. The first-order valence-corrected chi connectivity index (χ1v) is 7.85. The predicted molar refractivity (Wildman–Crippen MR) is 80.2 cm³/mol. The SMILES string of the molecule is CCCCCNC(=O)C(C)N1CCCC(CNC)C1. The highest BCUT2D eigenvalue weighted by atomic mass is 16.2. The molecule has 4 nitrogen and oxygen atoms in total. The number of nitrogens with zero attached hydrogens (tertiary/aromatic N) is 1. The summed E-state index contributed by atoms with van der Waals surface area (Å²) in [5, 5.41) is 6.31. The highest BCUT2D eigenvalue weighted by Gasteiger charge is 2.26. The van der Waals surface area contributed by atoms with E-state index >= 15 is 0 Å². The lowest BCUT2D eigenvalue weighted by Gasteiger charge is -2.36. The molecule has 1 aliphatic rings. The second-order valence-electron chi connectivity index (χ2n) is 5.73. The van der Waals surface area contributed by atoms with Crippen molar-refractivity contribution in [2.75, 3.05) is 33.2 Å². The van der Waals surface area contributed by atoms with Gasteiger partial charge in [0, 0.05) is 13.1 Å². The number of amides is 1. The van der Waals surface area contributed by atoms with Gasteiger partial charge in [0.2, 0.25) is 5.91 Å². The molecule has 1 saturated heterocycles. The number of piperidine rings is 1. The maximum absolute atomic E-state index is 12.1. The van der Waals surface area contributed by atoms with E-state index < -0.39 is 0 Å². The van der Waals surface area contributed by atoms with E-state index in [0.717, 1.165) is 32.6 Å². The zero-order chi connectivity index (χ0) is 14.1. The van der Waals surface area contributed by atoms with Gasteiger partial charge in [0.15, 0.2) is 0 Å². The van der Waals surface area contributed by atoms with Gasteiger partial charge in [-0.05, 0) is 52.2 Å². The van der Waals surface area contributed by atoms with Crippen LogP contribution < -0.4 is 10.6 Å². The Morgan fingerprint density at radius 3 is 2.89 bits per heavy atom. The monoisotopic (exact) mass is 269 g/mol. The van der Waals surface area contributed by atoms with E-state index in [1.54, 1.807) is 0 Å². The van der Waals surface area contributed by atoms with E-state index in [1.807, 2.05) is 14.0 Å². The van der Waals surface area contributed by atoms with Crippen LogP contribution in [0.4, 0.5) is 0 Å². The van der Waals surface area contributed by atoms with E-state index in [4.69, 9.17) is 0 Å². The Kier molecular flexibility index (Phi) is 8.07. The molecule has 1 fully saturated rings. The second kappa shape index (κ2) is 9.32. The van der Waals surface area contributed by atoms with Crippen molar-refractivity contribution in [2.24, 2.45) is 5.92 Å². The minimum atomic E-state index is 0.0151. The van der Waals surface area contributed by atoms with E-state index in [0.29, 0.717) is 5.92 Å². The molecule has 1 heterocycles. The van der Waals surface area contributed by atoms with Gasteiger partial charge in [0.25, 0.3) is 0 Å². The van der Waals surface area contributed by atoms with Crippen LogP contribution in [0.25, 0.3) is 0 Å². The van der Waals surface area contributed by atoms with Gasteiger partial charge in [-0.1, -0.05) is 19.8 Å². The van der Waals surface area contributed by atoms with Crippen LogP contribution in [0.2, 0.25) is 0 Å². The summed E-state index contributed by atoms with van der Waals surface area (Å²) < 4.78 is 0. The van der Waals surface area contributed by atoms with Crippen molar-refractivity contribution in [3.05, 3.63) is 0 Å². The summed E-state index contributed by atoms with van der Waals surface area (Å²) in [4.78, 5) is 14.4. The fourth-order valence-corrected chi connectivity index (χ4v) is 2.80. The van der Waals surface area contributed by atoms with Gasteiger partial charge in [-0.15, -0.1) is 0 Å². The molecule has 0 aromatic carbocycles. The van der Waals surface area contributed by atoms with Gasteiger partial charge in [0.1, 0.15) is 0 Å². The molecule has 1 rings (SSSR count). The van der Waals surface area contributed by atoms with Crippen molar-refractivity contribution in [3.8, 4) is 0 Å². The molecule has 2 atom stereocenters. The standard InChI is InChI=1S/C15H31N3O/c1-4-5-6-9-17-15(19)13(2)18-10-7-8-14(12-18)11-16-3/h13-14,16H,4-12H2,1-3H3,(H,17,19). The second-order valence-corrected chi connectivity index (χ2v) is 5.73. The molecule has 0 spiro atoms. The molecule has 4 heteroatoms. The number of carbonyl (C=O) groups is 1. The van der Waals surface area contributed by atoms with Gasteiger partial charge in [-0.25, -0.2) is 0 Å². The summed E-state index contributed by atoms with van der Waals surface area (Å²) in [6.07, 6.45) is 5.98. The fraction of sp³-hybridized carbons (Fsp3) is 0.933. The highest BCUT2D eigenvalue weighted by molar-refractivity contribution is 5.81. The molecular weight excluding hydrogens is 238 g/mol. The van der Waals surface area contributed by atoms with Crippen molar-refractivity contribution < 1.29 is 4.79 Å². The van der Waals surface area contributed by atoms with Gasteiger partial charge < -0.3 is 10.6 Å². The molecule has 2 N–H and O–H groups in total. The largest absolute Gasteiger partial charge is 0.355 e. The number of hydrogen-bond donors (Lipinski definition) is 2. The highest BCUT2D eigenvalue weighted by Crippen LogP contribution is 2.17. The maximum Gasteiger partial charge on any atom is 0.237 e. The predicted octanol–water partition coefficient (Wildman–Crippen LogP) is 1.61. The van der Waals surface area contributed by atoms with E-state index in [1.165, 1.54) is 25.7 Å². The molecular formula is C15H31N3O. The van der Waals surface area contributed by atoms with Crippen LogP contribution in [-0.4, -0.2) is 50.1 Å². The molecule has 0 aromatic rings. The van der Waals surface area contributed by atoms with Crippen LogP contribution in [0, 0.1) is 5.92 Å². The third kappa shape index (κ3) is 5.91. The summed E-state index contributed by atoms with van der Waals surface area (Å²) in [7, 11) is 2.00. The Balaban J connectivity index is 2.30. The molecule has 0 aromatic heterocycles. The average Bonchev–Trinajstić information content (AvgIpc) is 2.43. The summed E-state index contributed by atoms with van der Waals surface area (Å²) in [6.45, 7) is 8.21. The summed E-state index contributed by atoms with van der Waals surface area (Å²) >= 11 is 0. The normalized spacial score (nSPS) is 22.2. The first kappa shape index (κ1) is 16.4. The minimum absolute atomic E-state index is 0.0151. The topological polar surface area (TPSA) is 44.4 Å². The summed E-state index contributed by atoms with van der Waals surface area (Å²) in [5.74, 6) is 0.885. The number of unbranched alkanes of at least 4 members (excludes halogenated alkanes) is 2. The molecule has 0 aliphatic carbocycles. The van der Waals surface area contributed by atoms with Crippen LogP contribution in [0.15, 0.2) is 0 Å². The van der Waals surface area contributed by atoms with Crippen molar-refractivity contribution in [2.45, 2.75) is 52.0 Å². The minimum Gasteiger partial charge on any atom is -0.355 e. The molecule has 1 amide bonds. The first-order chi connectivity index (χ1) is 9.19. The van der Waals surface area contributed by atoms with Gasteiger partial charge in [-0.2, -0.15) is 0 Å². The lowest BCUT2D eigenvalue weighted by molar-refractivity contribution is -0.126. The number of hydrogen-bond acceptors (Lipinski definition) is 3. The smallest absolute Gasteiger partial charge is 0.237 e. The summed E-state index contributed by atoms with van der Waals surface area (Å²) in [6, 6.07) is 0.0151. The molecule has 0 radical (unpaired) electrons. The van der Waals surface area contributed by atoms with Crippen LogP contribution in [0.3, 0.4) is 0 Å². The Bertz CT molecular complexity index is 256. The van der Waals surface area contributed by atoms with Gasteiger partial charge >= 0.3 is 0 Å². The van der Waals surface area contributed by atoms with Crippen molar-refractivity contribution in [1.29, 1.82) is 0 Å². The molecule has 19 heavy (non-hydrogen) atoms. The third-order valence-corrected chi connectivity index (χ3v) is 4.05. The lowest BCUT2D eigenvalue weighted by atomic mass is 9.96. The molecule has 0 bridgehead atoms. The summed E-state index contributed by atoms with van der Waals surface area (Å²) in [5.41, 5.74) is 0. The van der Waals surface area contributed by atoms with Crippen LogP contribution >= 0.6 is 0 Å². The van der Waals surface area contributed by atoms with E-state index in [2.05, 4.69) is 22.5 Å². The quantitative estimate of drug-likeness (QED) is 0.658. The number of rotatable bonds is 8. The molecule has 0 saturated carbocycles. The van der Waals surface area contributed by atoms with Crippen molar-refractivity contribution >= 4 is 5.91 Å². The Morgan fingerprint density at radius 1 is 1.42 bits per heavy atom. The Hall–Kier alpha value is -0.610. The zero-order valence-electron chi connectivity index (χ0n) is 12.9. The van der Waals surface area contributed by atoms with Crippen LogP contribution in [0.5, 0.6) is 0 Å².